The Morgan fingerprint density at radius 3 is 2.68 bits per heavy atom. The van der Waals surface area contributed by atoms with E-state index >= 15 is 0 Å². The molecule has 126 valence electrons. The summed E-state index contributed by atoms with van der Waals surface area (Å²) in [6, 6.07) is 16.0. The van der Waals surface area contributed by atoms with Crippen molar-refractivity contribution in [2.45, 2.75) is 19.4 Å². The first-order chi connectivity index (χ1) is 12.0. The minimum Gasteiger partial charge on any atom is -0.368 e. The van der Waals surface area contributed by atoms with Gasteiger partial charge in [-0.15, -0.1) is 0 Å². The second kappa shape index (κ2) is 7.13. The summed E-state index contributed by atoms with van der Waals surface area (Å²) >= 11 is 0. The van der Waals surface area contributed by atoms with E-state index in [9.17, 15) is 9.59 Å². The number of hydrogen-bond donors (Lipinski definition) is 2. The Bertz CT molecular complexity index is 932. The van der Waals surface area contributed by atoms with Crippen LogP contribution in [-0.2, 0) is 11.2 Å². The van der Waals surface area contributed by atoms with Gasteiger partial charge in [0, 0.05) is 18.0 Å². The summed E-state index contributed by atoms with van der Waals surface area (Å²) < 4.78 is 0. The van der Waals surface area contributed by atoms with Crippen molar-refractivity contribution in [2.24, 2.45) is 5.73 Å². The zero-order valence-electron chi connectivity index (χ0n) is 13.9. The van der Waals surface area contributed by atoms with Gasteiger partial charge >= 0.3 is 0 Å². The number of carbonyl (C=O) groups is 2. The molecule has 1 aromatic heterocycles. The maximum atomic E-state index is 12.7. The summed E-state index contributed by atoms with van der Waals surface area (Å²) in [6.07, 6.45) is 1.93. The van der Waals surface area contributed by atoms with E-state index in [4.69, 9.17) is 5.73 Å². The van der Waals surface area contributed by atoms with Gasteiger partial charge in [-0.05, 0) is 24.6 Å². The zero-order valence-corrected chi connectivity index (χ0v) is 13.9. The third kappa shape index (κ3) is 3.83. The topological polar surface area (TPSA) is 85.1 Å². The van der Waals surface area contributed by atoms with Gasteiger partial charge < -0.3 is 11.1 Å². The van der Waals surface area contributed by atoms with E-state index in [0.29, 0.717) is 12.0 Å². The molecule has 1 atom stereocenters. The van der Waals surface area contributed by atoms with Crippen molar-refractivity contribution < 1.29 is 9.59 Å². The standard InChI is InChI=1S/C20H19N3O2/c1-13-5-4-6-14(11-13)12-18(19(21)24)23-20(25)16-9-10-22-17-8-3-2-7-15(16)17/h2-11,18H,12H2,1H3,(H2,21,24)(H,23,25)/t18-/m1/s1. The van der Waals surface area contributed by atoms with E-state index in [1.54, 1.807) is 12.3 Å². The zero-order chi connectivity index (χ0) is 17.8. The Morgan fingerprint density at radius 1 is 1.12 bits per heavy atom. The highest BCUT2D eigenvalue weighted by Crippen LogP contribution is 2.16. The number of para-hydroxylation sites is 1. The van der Waals surface area contributed by atoms with Crippen LogP contribution in [0.25, 0.3) is 10.9 Å². The number of hydrogen-bond acceptors (Lipinski definition) is 3. The van der Waals surface area contributed by atoms with Crippen molar-refractivity contribution in [2.75, 3.05) is 0 Å². The molecule has 0 aliphatic carbocycles. The van der Waals surface area contributed by atoms with Gasteiger partial charge in [0.05, 0.1) is 11.1 Å². The van der Waals surface area contributed by atoms with E-state index in [0.717, 1.165) is 22.0 Å². The second-order valence-corrected chi connectivity index (χ2v) is 6.00. The molecule has 0 unspecified atom stereocenters. The van der Waals surface area contributed by atoms with Gasteiger partial charge in [0.1, 0.15) is 6.04 Å². The van der Waals surface area contributed by atoms with Crippen molar-refractivity contribution in [1.29, 1.82) is 0 Å². The van der Waals surface area contributed by atoms with Gasteiger partial charge in [-0.3, -0.25) is 14.6 Å². The molecular weight excluding hydrogens is 314 g/mol. The molecule has 0 fully saturated rings. The number of benzene rings is 2. The van der Waals surface area contributed by atoms with Gasteiger partial charge in [-0.1, -0.05) is 48.0 Å². The van der Waals surface area contributed by atoms with Crippen molar-refractivity contribution in [3.05, 3.63) is 77.5 Å². The smallest absolute Gasteiger partial charge is 0.252 e. The molecule has 2 aromatic carbocycles. The Morgan fingerprint density at radius 2 is 1.92 bits per heavy atom. The molecule has 2 amide bonds. The van der Waals surface area contributed by atoms with Gasteiger partial charge in [0.25, 0.3) is 5.91 Å². The van der Waals surface area contributed by atoms with Crippen LogP contribution < -0.4 is 11.1 Å². The Hall–Kier alpha value is -3.21. The fourth-order valence-corrected chi connectivity index (χ4v) is 2.83. The number of rotatable bonds is 5. The predicted molar refractivity (Wildman–Crippen MR) is 97.1 cm³/mol. The van der Waals surface area contributed by atoms with Crippen LogP contribution in [0.4, 0.5) is 0 Å². The molecule has 0 aliphatic heterocycles. The highest BCUT2D eigenvalue weighted by molar-refractivity contribution is 6.07. The number of aromatic nitrogens is 1. The second-order valence-electron chi connectivity index (χ2n) is 6.00. The minimum absolute atomic E-state index is 0.338. The number of pyridine rings is 1. The molecule has 0 radical (unpaired) electrons. The fraction of sp³-hybridized carbons (Fsp3) is 0.150. The Labute approximate surface area is 145 Å². The first kappa shape index (κ1) is 16.6. The molecular formula is C20H19N3O2. The third-order valence-electron chi connectivity index (χ3n) is 4.06. The van der Waals surface area contributed by atoms with Gasteiger partial charge in [-0.2, -0.15) is 0 Å². The van der Waals surface area contributed by atoms with E-state index in [2.05, 4.69) is 10.3 Å². The molecule has 3 N–H and O–H groups in total. The normalized spacial score (nSPS) is 11.9. The molecule has 3 rings (SSSR count). The maximum Gasteiger partial charge on any atom is 0.252 e. The largest absolute Gasteiger partial charge is 0.368 e. The summed E-state index contributed by atoms with van der Waals surface area (Å²) in [5, 5.41) is 3.49. The van der Waals surface area contributed by atoms with Crippen LogP contribution in [0, 0.1) is 6.92 Å². The van der Waals surface area contributed by atoms with E-state index in [1.165, 1.54) is 0 Å². The van der Waals surface area contributed by atoms with Crippen LogP contribution in [0.15, 0.2) is 60.8 Å². The molecule has 0 saturated heterocycles. The third-order valence-corrected chi connectivity index (χ3v) is 4.06. The monoisotopic (exact) mass is 333 g/mol. The molecule has 0 spiro atoms. The van der Waals surface area contributed by atoms with Crippen molar-refractivity contribution in [3.8, 4) is 0 Å². The number of primary amides is 1. The number of aryl methyl sites for hydroxylation is 1. The van der Waals surface area contributed by atoms with Crippen molar-refractivity contribution >= 4 is 22.7 Å². The number of carbonyl (C=O) groups excluding carboxylic acids is 2. The van der Waals surface area contributed by atoms with E-state index < -0.39 is 11.9 Å². The lowest BCUT2D eigenvalue weighted by molar-refractivity contribution is -0.119. The van der Waals surface area contributed by atoms with Crippen LogP contribution in [0.3, 0.4) is 0 Å². The van der Waals surface area contributed by atoms with Crippen LogP contribution in [-0.4, -0.2) is 22.8 Å². The summed E-state index contributed by atoms with van der Waals surface area (Å²) in [6.45, 7) is 1.98. The number of fused-ring (bicyclic) bond motifs is 1. The highest BCUT2D eigenvalue weighted by atomic mass is 16.2. The fourth-order valence-electron chi connectivity index (χ4n) is 2.83. The molecule has 5 heteroatoms. The lowest BCUT2D eigenvalue weighted by atomic mass is 10.0. The molecule has 0 bridgehead atoms. The summed E-state index contributed by atoms with van der Waals surface area (Å²) in [5.41, 5.74) is 8.73. The number of nitrogens with zero attached hydrogens (tertiary/aromatic N) is 1. The summed E-state index contributed by atoms with van der Waals surface area (Å²) in [5.74, 6) is -0.900. The lowest BCUT2D eigenvalue weighted by Crippen LogP contribution is -2.45. The minimum atomic E-state index is -0.777. The Balaban J connectivity index is 1.84. The average Bonchev–Trinajstić information content (AvgIpc) is 2.60. The van der Waals surface area contributed by atoms with Crippen molar-refractivity contribution in [1.82, 2.24) is 10.3 Å². The molecule has 3 aromatic rings. The van der Waals surface area contributed by atoms with Gasteiger partial charge in [0.15, 0.2) is 0 Å². The number of amides is 2. The van der Waals surface area contributed by atoms with Gasteiger partial charge in [-0.25, -0.2) is 0 Å². The average molecular weight is 333 g/mol. The molecule has 5 nitrogen and oxygen atoms in total. The van der Waals surface area contributed by atoms with Crippen molar-refractivity contribution in [3.63, 3.8) is 0 Å². The van der Waals surface area contributed by atoms with Crippen LogP contribution in [0.5, 0.6) is 0 Å². The van der Waals surface area contributed by atoms with Gasteiger partial charge in [0.2, 0.25) is 5.91 Å². The summed E-state index contributed by atoms with van der Waals surface area (Å²) in [4.78, 5) is 28.7. The molecule has 25 heavy (non-hydrogen) atoms. The van der Waals surface area contributed by atoms with Crippen LogP contribution >= 0.6 is 0 Å². The molecule has 0 aliphatic rings. The van der Waals surface area contributed by atoms with E-state index in [-0.39, 0.29) is 5.91 Å². The Kier molecular flexibility index (Phi) is 4.75. The van der Waals surface area contributed by atoms with Crippen LogP contribution in [0.2, 0.25) is 0 Å². The first-order valence-electron chi connectivity index (χ1n) is 8.04. The number of nitrogens with two attached hydrogens (primary N) is 1. The lowest BCUT2D eigenvalue weighted by Gasteiger charge is -2.16. The maximum absolute atomic E-state index is 12.7. The van der Waals surface area contributed by atoms with E-state index in [1.807, 2.05) is 55.5 Å². The van der Waals surface area contributed by atoms with Crippen LogP contribution in [0.1, 0.15) is 21.5 Å². The predicted octanol–water partition coefficient (Wildman–Crippen LogP) is 2.37. The first-order valence-corrected chi connectivity index (χ1v) is 8.04. The molecule has 1 heterocycles. The SMILES string of the molecule is Cc1cccc(C[C@@H](NC(=O)c2ccnc3ccccc23)C(N)=O)c1. The quantitative estimate of drug-likeness (QED) is 0.752. The summed E-state index contributed by atoms with van der Waals surface area (Å²) in [7, 11) is 0. The highest BCUT2D eigenvalue weighted by Gasteiger charge is 2.20. The molecule has 0 saturated carbocycles. The number of nitrogens with one attached hydrogen (secondary N) is 1.